The normalized spacial score (nSPS) is 10.0. The summed E-state index contributed by atoms with van der Waals surface area (Å²) < 4.78 is 12.8. The Morgan fingerprint density at radius 1 is 1.35 bits per heavy atom. The minimum Gasteiger partial charge on any atom is -0.481 e. The molecule has 0 fully saturated rings. The molecule has 0 aliphatic rings. The summed E-state index contributed by atoms with van der Waals surface area (Å²) in [5.74, 6) is -1.83. The number of carboxylic acids is 1. The highest BCUT2D eigenvalue weighted by Gasteiger charge is 2.06. The lowest BCUT2D eigenvalue weighted by Gasteiger charge is -2.05. The zero-order valence-corrected chi connectivity index (χ0v) is 9.63. The average Bonchev–Trinajstić information content (AvgIpc) is 2.23. The monoisotopic (exact) mass is 259 g/mol. The van der Waals surface area contributed by atoms with Gasteiger partial charge in [0, 0.05) is 18.5 Å². The van der Waals surface area contributed by atoms with Crippen molar-refractivity contribution in [1.29, 1.82) is 0 Å². The molecule has 0 saturated carbocycles. The van der Waals surface area contributed by atoms with Gasteiger partial charge in [-0.05, 0) is 24.6 Å². The number of nitrogens with one attached hydrogen (secondary N) is 1. The van der Waals surface area contributed by atoms with Crippen LogP contribution in [0, 0.1) is 5.82 Å². The van der Waals surface area contributed by atoms with Crippen molar-refractivity contribution >= 4 is 29.2 Å². The third-order valence-electron chi connectivity index (χ3n) is 2.00. The predicted molar refractivity (Wildman–Crippen MR) is 61.5 cm³/mol. The molecular weight excluding hydrogens is 249 g/mol. The van der Waals surface area contributed by atoms with E-state index in [0.717, 1.165) is 6.07 Å². The van der Waals surface area contributed by atoms with Gasteiger partial charge in [-0.2, -0.15) is 0 Å². The van der Waals surface area contributed by atoms with Crippen molar-refractivity contribution in [3.05, 3.63) is 29.0 Å². The number of rotatable bonds is 5. The van der Waals surface area contributed by atoms with Gasteiger partial charge in [0.2, 0.25) is 5.91 Å². The Kier molecular flexibility index (Phi) is 4.90. The van der Waals surface area contributed by atoms with E-state index in [-0.39, 0.29) is 30.2 Å². The van der Waals surface area contributed by atoms with Gasteiger partial charge < -0.3 is 10.4 Å². The first-order valence-electron chi connectivity index (χ1n) is 4.95. The zero-order valence-electron chi connectivity index (χ0n) is 8.87. The van der Waals surface area contributed by atoms with Crippen molar-refractivity contribution in [3.63, 3.8) is 0 Å². The molecule has 92 valence electrons. The summed E-state index contributed by atoms with van der Waals surface area (Å²) in [6.07, 6.45) is 0.301. The van der Waals surface area contributed by atoms with Gasteiger partial charge >= 0.3 is 5.97 Å². The fourth-order valence-corrected chi connectivity index (χ4v) is 1.38. The van der Waals surface area contributed by atoms with E-state index in [4.69, 9.17) is 16.7 Å². The molecule has 0 atom stereocenters. The Morgan fingerprint density at radius 3 is 2.65 bits per heavy atom. The van der Waals surface area contributed by atoms with Gasteiger partial charge in [-0.1, -0.05) is 11.6 Å². The van der Waals surface area contributed by atoms with Crippen LogP contribution in [0.25, 0.3) is 0 Å². The summed E-state index contributed by atoms with van der Waals surface area (Å²) in [6, 6.07) is 3.83. The molecule has 0 saturated heterocycles. The van der Waals surface area contributed by atoms with Crippen molar-refractivity contribution in [2.45, 2.75) is 19.3 Å². The number of carbonyl (C=O) groups excluding carboxylic acids is 1. The highest BCUT2D eigenvalue weighted by molar-refractivity contribution is 6.31. The maximum Gasteiger partial charge on any atom is 0.303 e. The standard InChI is InChI=1S/C11H11ClFNO3/c12-8-6-7(4-5-9(8)13)14-10(15)2-1-3-11(16)17/h4-6H,1-3H2,(H,14,15)(H,16,17). The third-order valence-corrected chi connectivity index (χ3v) is 2.29. The van der Waals surface area contributed by atoms with E-state index < -0.39 is 11.8 Å². The van der Waals surface area contributed by atoms with E-state index in [2.05, 4.69) is 5.32 Å². The van der Waals surface area contributed by atoms with E-state index in [1.165, 1.54) is 12.1 Å². The van der Waals surface area contributed by atoms with Crippen LogP contribution in [-0.4, -0.2) is 17.0 Å². The van der Waals surface area contributed by atoms with Crippen molar-refractivity contribution < 1.29 is 19.1 Å². The summed E-state index contributed by atoms with van der Waals surface area (Å²) in [4.78, 5) is 21.6. The summed E-state index contributed by atoms with van der Waals surface area (Å²) in [5.41, 5.74) is 0.386. The summed E-state index contributed by atoms with van der Waals surface area (Å²) in [6.45, 7) is 0. The second-order valence-corrected chi connectivity index (χ2v) is 3.83. The second-order valence-electron chi connectivity index (χ2n) is 3.42. The first-order chi connectivity index (χ1) is 7.99. The van der Waals surface area contributed by atoms with Gasteiger partial charge in [-0.25, -0.2) is 4.39 Å². The molecule has 4 nitrogen and oxygen atoms in total. The molecule has 0 aromatic heterocycles. The number of aliphatic carboxylic acids is 1. The summed E-state index contributed by atoms with van der Waals surface area (Å²) in [5, 5.41) is 10.8. The number of benzene rings is 1. The first kappa shape index (κ1) is 13.4. The molecule has 0 spiro atoms. The van der Waals surface area contributed by atoms with Gasteiger partial charge in [0.1, 0.15) is 5.82 Å². The summed E-state index contributed by atoms with van der Waals surface area (Å²) in [7, 11) is 0. The van der Waals surface area contributed by atoms with Crippen LogP contribution >= 0.6 is 11.6 Å². The smallest absolute Gasteiger partial charge is 0.303 e. The van der Waals surface area contributed by atoms with Crippen LogP contribution in [0.3, 0.4) is 0 Å². The van der Waals surface area contributed by atoms with Crippen molar-refractivity contribution in [2.75, 3.05) is 5.32 Å². The number of anilines is 1. The molecule has 0 unspecified atom stereocenters. The number of hydrogen-bond donors (Lipinski definition) is 2. The second kappa shape index (κ2) is 6.20. The molecule has 0 heterocycles. The van der Waals surface area contributed by atoms with Gasteiger partial charge in [0.15, 0.2) is 0 Å². The van der Waals surface area contributed by atoms with Crippen LogP contribution in [0.2, 0.25) is 5.02 Å². The topological polar surface area (TPSA) is 66.4 Å². The number of carbonyl (C=O) groups is 2. The molecule has 17 heavy (non-hydrogen) atoms. The van der Waals surface area contributed by atoms with Crippen LogP contribution in [-0.2, 0) is 9.59 Å². The van der Waals surface area contributed by atoms with Crippen LogP contribution in [0.5, 0.6) is 0 Å². The van der Waals surface area contributed by atoms with Crippen LogP contribution in [0.1, 0.15) is 19.3 Å². The third kappa shape index (κ3) is 4.82. The molecular formula is C11H11ClFNO3. The van der Waals surface area contributed by atoms with Gasteiger partial charge in [0.25, 0.3) is 0 Å². The van der Waals surface area contributed by atoms with E-state index in [9.17, 15) is 14.0 Å². The van der Waals surface area contributed by atoms with Crippen molar-refractivity contribution in [1.82, 2.24) is 0 Å². The Labute approximate surface area is 102 Å². The van der Waals surface area contributed by atoms with E-state index in [1.807, 2.05) is 0 Å². The van der Waals surface area contributed by atoms with E-state index >= 15 is 0 Å². The summed E-state index contributed by atoms with van der Waals surface area (Å²) >= 11 is 5.54. The lowest BCUT2D eigenvalue weighted by Crippen LogP contribution is -2.11. The Balaban J connectivity index is 2.45. The maximum absolute atomic E-state index is 12.8. The average molecular weight is 260 g/mol. The molecule has 0 radical (unpaired) electrons. The Hall–Kier alpha value is -1.62. The number of hydrogen-bond acceptors (Lipinski definition) is 2. The molecule has 2 N–H and O–H groups in total. The van der Waals surface area contributed by atoms with Crippen molar-refractivity contribution in [3.8, 4) is 0 Å². The number of halogens is 2. The lowest BCUT2D eigenvalue weighted by atomic mass is 10.2. The maximum atomic E-state index is 12.8. The minimum absolute atomic E-state index is 0.0579. The minimum atomic E-state index is -0.942. The molecule has 0 bridgehead atoms. The molecule has 0 aliphatic carbocycles. The molecule has 6 heteroatoms. The molecule has 1 aromatic carbocycles. The number of amides is 1. The van der Waals surface area contributed by atoms with E-state index in [1.54, 1.807) is 0 Å². The van der Waals surface area contributed by atoms with Crippen LogP contribution in [0.15, 0.2) is 18.2 Å². The van der Waals surface area contributed by atoms with Gasteiger partial charge in [-0.15, -0.1) is 0 Å². The van der Waals surface area contributed by atoms with Gasteiger partial charge in [0.05, 0.1) is 5.02 Å². The molecule has 1 amide bonds. The predicted octanol–water partition coefficient (Wildman–Crippen LogP) is 2.67. The van der Waals surface area contributed by atoms with Crippen LogP contribution < -0.4 is 5.32 Å². The zero-order chi connectivity index (χ0) is 12.8. The SMILES string of the molecule is O=C(O)CCCC(=O)Nc1ccc(F)c(Cl)c1. The Morgan fingerprint density at radius 2 is 2.06 bits per heavy atom. The molecule has 1 aromatic rings. The fraction of sp³-hybridized carbons (Fsp3) is 0.273. The fourth-order valence-electron chi connectivity index (χ4n) is 1.20. The number of carboxylic acid groups (broad SMARTS) is 1. The first-order valence-corrected chi connectivity index (χ1v) is 5.33. The lowest BCUT2D eigenvalue weighted by molar-refractivity contribution is -0.137. The highest BCUT2D eigenvalue weighted by Crippen LogP contribution is 2.19. The Bertz CT molecular complexity index is 437. The van der Waals surface area contributed by atoms with Crippen LogP contribution in [0.4, 0.5) is 10.1 Å². The molecule has 1 rings (SSSR count). The van der Waals surface area contributed by atoms with Crippen molar-refractivity contribution in [2.24, 2.45) is 0 Å². The quantitative estimate of drug-likeness (QED) is 0.854. The molecule has 0 aliphatic heterocycles. The van der Waals surface area contributed by atoms with E-state index in [0.29, 0.717) is 5.69 Å². The highest BCUT2D eigenvalue weighted by atomic mass is 35.5. The largest absolute Gasteiger partial charge is 0.481 e. The van der Waals surface area contributed by atoms with Gasteiger partial charge in [-0.3, -0.25) is 9.59 Å².